The van der Waals surface area contributed by atoms with Gasteiger partial charge in [-0.15, -0.1) is 0 Å². The van der Waals surface area contributed by atoms with E-state index in [4.69, 9.17) is 9.94 Å². The SMILES string of the molecule is O/N=C/c1cc(OCc2ccccc2)cc(C(F)(F)F)c1. The highest BCUT2D eigenvalue weighted by atomic mass is 19.4. The van der Waals surface area contributed by atoms with Gasteiger partial charge in [0.05, 0.1) is 11.8 Å². The Morgan fingerprint density at radius 1 is 1.10 bits per heavy atom. The Morgan fingerprint density at radius 3 is 2.43 bits per heavy atom. The Labute approximate surface area is 119 Å². The minimum atomic E-state index is -4.50. The van der Waals surface area contributed by atoms with Gasteiger partial charge < -0.3 is 9.94 Å². The van der Waals surface area contributed by atoms with Crippen LogP contribution < -0.4 is 4.74 Å². The van der Waals surface area contributed by atoms with Gasteiger partial charge in [0.25, 0.3) is 0 Å². The summed E-state index contributed by atoms with van der Waals surface area (Å²) in [4.78, 5) is 0. The highest BCUT2D eigenvalue weighted by molar-refractivity contribution is 5.80. The zero-order valence-corrected chi connectivity index (χ0v) is 10.8. The molecule has 0 amide bonds. The minimum absolute atomic E-state index is 0.0589. The molecule has 0 saturated heterocycles. The molecule has 0 aromatic heterocycles. The van der Waals surface area contributed by atoms with Gasteiger partial charge in [-0.2, -0.15) is 13.2 Å². The molecule has 21 heavy (non-hydrogen) atoms. The number of ether oxygens (including phenoxy) is 1. The molecule has 2 aromatic rings. The largest absolute Gasteiger partial charge is 0.489 e. The molecule has 0 spiro atoms. The lowest BCUT2D eigenvalue weighted by atomic mass is 10.1. The smallest absolute Gasteiger partial charge is 0.416 e. The fourth-order valence-electron chi connectivity index (χ4n) is 1.75. The fraction of sp³-hybridized carbons (Fsp3) is 0.133. The third-order valence-corrected chi connectivity index (χ3v) is 2.71. The molecule has 0 aliphatic carbocycles. The van der Waals surface area contributed by atoms with Crippen LogP contribution in [0.2, 0.25) is 0 Å². The third-order valence-electron chi connectivity index (χ3n) is 2.71. The predicted molar refractivity (Wildman–Crippen MR) is 71.6 cm³/mol. The average Bonchev–Trinajstić information content (AvgIpc) is 2.45. The van der Waals surface area contributed by atoms with E-state index in [2.05, 4.69) is 5.16 Å². The molecule has 0 saturated carbocycles. The Kier molecular flexibility index (Phi) is 4.47. The van der Waals surface area contributed by atoms with Gasteiger partial charge in [-0.1, -0.05) is 35.5 Å². The lowest BCUT2D eigenvalue weighted by Crippen LogP contribution is -2.07. The fourth-order valence-corrected chi connectivity index (χ4v) is 1.75. The predicted octanol–water partition coefficient (Wildman–Crippen LogP) is 4.09. The van der Waals surface area contributed by atoms with E-state index >= 15 is 0 Å². The summed E-state index contributed by atoms with van der Waals surface area (Å²) < 4.78 is 43.7. The molecule has 3 nitrogen and oxygen atoms in total. The second-order valence-corrected chi connectivity index (χ2v) is 4.31. The molecule has 0 aliphatic heterocycles. The zero-order chi connectivity index (χ0) is 15.3. The van der Waals surface area contributed by atoms with E-state index in [-0.39, 0.29) is 17.9 Å². The molecule has 1 N–H and O–H groups in total. The topological polar surface area (TPSA) is 41.8 Å². The molecule has 0 bridgehead atoms. The van der Waals surface area contributed by atoms with Crippen LogP contribution in [0.25, 0.3) is 0 Å². The maximum atomic E-state index is 12.8. The van der Waals surface area contributed by atoms with Gasteiger partial charge in [0.15, 0.2) is 0 Å². The molecule has 0 radical (unpaired) electrons. The van der Waals surface area contributed by atoms with Crippen molar-refractivity contribution >= 4 is 6.21 Å². The molecule has 2 rings (SSSR count). The first-order valence-corrected chi connectivity index (χ1v) is 6.05. The van der Waals surface area contributed by atoms with Crippen LogP contribution in [0, 0.1) is 0 Å². The Morgan fingerprint density at radius 2 is 1.81 bits per heavy atom. The third kappa shape index (κ3) is 4.24. The summed E-state index contributed by atoms with van der Waals surface area (Å²) in [6.45, 7) is 0.151. The molecule has 0 heterocycles. The summed E-state index contributed by atoms with van der Waals surface area (Å²) in [6.07, 6.45) is -3.57. The van der Waals surface area contributed by atoms with Crippen molar-refractivity contribution in [2.45, 2.75) is 12.8 Å². The molecule has 0 fully saturated rings. The Hall–Kier alpha value is -2.50. The summed E-state index contributed by atoms with van der Waals surface area (Å²) >= 11 is 0. The van der Waals surface area contributed by atoms with Crippen molar-refractivity contribution in [3.63, 3.8) is 0 Å². The van der Waals surface area contributed by atoms with Gasteiger partial charge in [0.1, 0.15) is 12.4 Å². The van der Waals surface area contributed by atoms with Crippen LogP contribution in [0.4, 0.5) is 13.2 Å². The summed E-state index contributed by atoms with van der Waals surface area (Å²) in [5.41, 5.74) is 0.0886. The number of benzene rings is 2. The number of oxime groups is 1. The van der Waals surface area contributed by atoms with Crippen LogP contribution >= 0.6 is 0 Å². The van der Waals surface area contributed by atoms with Crippen molar-refractivity contribution in [2.24, 2.45) is 5.16 Å². The van der Waals surface area contributed by atoms with Crippen molar-refractivity contribution in [1.82, 2.24) is 0 Å². The van der Waals surface area contributed by atoms with Crippen LogP contribution in [0.5, 0.6) is 5.75 Å². The second kappa shape index (κ2) is 6.30. The monoisotopic (exact) mass is 295 g/mol. The van der Waals surface area contributed by atoms with Crippen molar-refractivity contribution in [3.8, 4) is 5.75 Å². The molecular weight excluding hydrogens is 283 g/mol. The van der Waals surface area contributed by atoms with Crippen molar-refractivity contribution < 1.29 is 23.1 Å². The quantitative estimate of drug-likeness (QED) is 0.524. The van der Waals surface area contributed by atoms with Gasteiger partial charge in [-0.25, -0.2) is 0 Å². The zero-order valence-electron chi connectivity index (χ0n) is 10.8. The van der Waals surface area contributed by atoms with Crippen LogP contribution in [0.15, 0.2) is 53.7 Å². The van der Waals surface area contributed by atoms with E-state index in [9.17, 15) is 13.2 Å². The highest BCUT2D eigenvalue weighted by Crippen LogP contribution is 2.32. The number of halogens is 3. The van der Waals surface area contributed by atoms with Crippen LogP contribution in [-0.2, 0) is 12.8 Å². The summed E-state index contributed by atoms with van der Waals surface area (Å²) in [7, 11) is 0. The summed E-state index contributed by atoms with van der Waals surface area (Å²) in [6, 6.07) is 12.3. The maximum absolute atomic E-state index is 12.8. The van der Waals surface area contributed by atoms with E-state index in [1.165, 1.54) is 6.07 Å². The molecule has 0 aliphatic rings. The molecule has 2 aromatic carbocycles. The van der Waals surface area contributed by atoms with Gasteiger partial charge in [0, 0.05) is 5.56 Å². The Bertz CT molecular complexity index is 625. The van der Waals surface area contributed by atoms with Gasteiger partial charge in [-0.05, 0) is 23.8 Å². The van der Waals surface area contributed by atoms with Gasteiger partial charge in [-0.3, -0.25) is 0 Å². The van der Waals surface area contributed by atoms with E-state index < -0.39 is 11.7 Å². The normalized spacial score (nSPS) is 11.8. The first kappa shape index (κ1) is 14.9. The number of hydrogen-bond donors (Lipinski definition) is 1. The summed E-state index contributed by atoms with van der Waals surface area (Å²) in [5.74, 6) is 0.0589. The Balaban J connectivity index is 2.24. The number of nitrogens with zero attached hydrogens (tertiary/aromatic N) is 1. The van der Waals surface area contributed by atoms with Crippen molar-refractivity contribution in [2.75, 3.05) is 0 Å². The highest BCUT2D eigenvalue weighted by Gasteiger charge is 2.31. The lowest BCUT2D eigenvalue weighted by Gasteiger charge is -2.12. The van der Waals surface area contributed by atoms with Gasteiger partial charge >= 0.3 is 6.18 Å². The molecule has 6 heteroatoms. The van der Waals surface area contributed by atoms with Crippen molar-refractivity contribution in [3.05, 3.63) is 65.2 Å². The first-order chi connectivity index (χ1) is 9.99. The second-order valence-electron chi connectivity index (χ2n) is 4.31. The number of hydrogen-bond acceptors (Lipinski definition) is 3. The average molecular weight is 295 g/mol. The van der Waals surface area contributed by atoms with E-state index in [0.29, 0.717) is 0 Å². The number of rotatable bonds is 4. The van der Waals surface area contributed by atoms with Crippen LogP contribution in [-0.4, -0.2) is 11.4 Å². The minimum Gasteiger partial charge on any atom is -0.489 e. The van der Waals surface area contributed by atoms with Crippen LogP contribution in [0.1, 0.15) is 16.7 Å². The van der Waals surface area contributed by atoms with Crippen molar-refractivity contribution in [1.29, 1.82) is 0 Å². The molecule has 0 unspecified atom stereocenters. The lowest BCUT2D eigenvalue weighted by molar-refractivity contribution is -0.137. The summed E-state index contributed by atoms with van der Waals surface area (Å²) in [5, 5.41) is 11.2. The van der Waals surface area contributed by atoms with E-state index in [0.717, 1.165) is 23.9 Å². The van der Waals surface area contributed by atoms with E-state index in [1.807, 2.05) is 30.3 Å². The van der Waals surface area contributed by atoms with E-state index in [1.54, 1.807) is 0 Å². The van der Waals surface area contributed by atoms with Gasteiger partial charge in [0.2, 0.25) is 0 Å². The molecule has 110 valence electrons. The standard InChI is InChI=1S/C15H12F3NO2/c16-15(17,18)13-6-12(9-19-20)7-14(8-13)21-10-11-4-2-1-3-5-11/h1-9,20H,10H2/b19-9+. The molecule has 0 atom stereocenters. The maximum Gasteiger partial charge on any atom is 0.416 e. The first-order valence-electron chi connectivity index (χ1n) is 6.05. The number of alkyl halides is 3. The van der Waals surface area contributed by atoms with Crippen LogP contribution in [0.3, 0.4) is 0 Å². The molecular formula is C15H12F3NO2.